The van der Waals surface area contributed by atoms with Crippen molar-refractivity contribution < 1.29 is 0 Å². The second-order valence-corrected chi connectivity index (χ2v) is 14.6. The first-order valence-electron chi connectivity index (χ1n) is 19.6. The average Bonchev–Trinajstić information content (AvgIpc) is 3.99. The van der Waals surface area contributed by atoms with Gasteiger partial charge in [-0.25, -0.2) is 15.0 Å². The minimum absolute atomic E-state index is 0.544. The van der Waals surface area contributed by atoms with Gasteiger partial charge in [0.1, 0.15) is 11.3 Å². The van der Waals surface area contributed by atoms with Crippen LogP contribution in [0.1, 0.15) is 0 Å². The molecule has 0 spiro atoms. The Bertz CT molecular complexity index is 3460. The Labute approximate surface area is 338 Å². The minimum Gasteiger partial charge on any atom is -0.308 e. The molecule has 0 amide bonds. The lowest BCUT2D eigenvalue weighted by molar-refractivity contribution is 0.993. The summed E-state index contributed by atoms with van der Waals surface area (Å²) in [6, 6.07) is 59.0. The zero-order chi connectivity index (χ0) is 38.9. The molecular formula is C51H32N8. The number of rotatable bonds is 6. The molecule has 8 nitrogen and oxygen atoms in total. The molecule has 0 saturated carbocycles. The average molecular weight is 757 g/mol. The smallest absolute Gasteiger partial charge is 0.235 e. The standard InChI is InChI=1S/C51H32N8/c1-4-14-35(15-5-1)50-56-46-44-38-20-10-12-22-42(38)57(36-16-6-2-7-17-36)47(44)45-39-21-11-13-23-43(39)59(48(45)49(46)58(50)37-18-8-3-9-19-37)51-54-40(33-24-28-52-29-25-33)32-41(55-51)34-26-30-53-31-27-34/h1-32H. The molecular weight excluding hydrogens is 725 g/mol. The predicted octanol–water partition coefficient (Wildman–Crippen LogP) is 11.8. The fourth-order valence-electron chi connectivity index (χ4n) is 8.77. The molecule has 59 heavy (non-hydrogen) atoms. The molecule has 0 saturated heterocycles. The van der Waals surface area contributed by atoms with Crippen molar-refractivity contribution in [2.45, 2.75) is 0 Å². The van der Waals surface area contributed by atoms with Gasteiger partial charge in [-0.05, 0) is 66.7 Å². The number of nitrogens with zero attached hydrogens (tertiary/aromatic N) is 8. The van der Waals surface area contributed by atoms with Crippen molar-refractivity contribution in [1.82, 2.24) is 38.6 Å². The topological polar surface area (TPSA) is 79.2 Å². The third-order valence-electron chi connectivity index (χ3n) is 11.3. The summed E-state index contributed by atoms with van der Waals surface area (Å²) in [6.45, 7) is 0. The number of hydrogen-bond acceptors (Lipinski definition) is 5. The molecule has 276 valence electrons. The minimum atomic E-state index is 0.544. The van der Waals surface area contributed by atoms with E-state index in [4.69, 9.17) is 15.0 Å². The predicted molar refractivity (Wildman–Crippen MR) is 237 cm³/mol. The molecule has 0 fully saturated rings. The fourth-order valence-corrected chi connectivity index (χ4v) is 8.77. The molecule has 0 N–H and O–H groups in total. The Morgan fingerprint density at radius 3 is 1.44 bits per heavy atom. The maximum atomic E-state index is 5.71. The third-order valence-corrected chi connectivity index (χ3v) is 11.3. The molecule has 12 aromatic rings. The van der Waals surface area contributed by atoms with Crippen molar-refractivity contribution >= 4 is 54.6 Å². The summed E-state index contributed by atoms with van der Waals surface area (Å²) in [6.07, 6.45) is 7.21. The highest BCUT2D eigenvalue weighted by Gasteiger charge is 2.30. The van der Waals surface area contributed by atoms with Crippen LogP contribution in [-0.4, -0.2) is 38.6 Å². The second-order valence-electron chi connectivity index (χ2n) is 14.6. The fraction of sp³-hybridized carbons (Fsp3) is 0. The van der Waals surface area contributed by atoms with Gasteiger partial charge < -0.3 is 4.57 Å². The Morgan fingerprint density at radius 1 is 0.356 bits per heavy atom. The zero-order valence-electron chi connectivity index (χ0n) is 31.6. The largest absolute Gasteiger partial charge is 0.308 e. The quantitative estimate of drug-likeness (QED) is 0.169. The molecule has 6 heterocycles. The van der Waals surface area contributed by atoms with Crippen molar-refractivity contribution in [3.8, 4) is 51.2 Å². The van der Waals surface area contributed by atoms with Gasteiger partial charge in [-0.15, -0.1) is 0 Å². The second kappa shape index (κ2) is 13.2. The summed E-state index contributed by atoms with van der Waals surface area (Å²) >= 11 is 0. The highest BCUT2D eigenvalue weighted by molar-refractivity contribution is 6.36. The molecule has 0 radical (unpaired) electrons. The van der Waals surface area contributed by atoms with Gasteiger partial charge in [-0.2, -0.15) is 0 Å². The van der Waals surface area contributed by atoms with Crippen LogP contribution < -0.4 is 0 Å². The summed E-state index contributed by atoms with van der Waals surface area (Å²) in [4.78, 5) is 25.2. The SMILES string of the molecule is c1ccc(-c2nc3c4c5ccccc5n(-c5ccccc5)c4c4c5ccccc5n(-c5nc(-c6ccncc6)cc(-c6ccncc6)n5)c4c3n2-c2ccccc2)cc1. The van der Waals surface area contributed by atoms with Gasteiger partial charge in [0.05, 0.1) is 39.0 Å². The summed E-state index contributed by atoms with van der Waals surface area (Å²) in [5.41, 5.74) is 12.5. The van der Waals surface area contributed by atoms with Crippen LogP contribution in [0.2, 0.25) is 0 Å². The van der Waals surface area contributed by atoms with Gasteiger partial charge in [0, 0.05) is 74.4 Å². The van der Waals surface area contributed by atoms with Gasteiger partial charge in [0.2, 0.25) is 5.95 Å². The monoisotopic (exact) mass is 756 g/mol. The molecule has 0 aliphatic carbocycles. The van der Waals surface area contributed by atoms with E-state index in [1.165, 1.54) is 0 Å². The van der Waals surface area contributed by atoms with E-state index in [0.717, 1.165) is 99.9 Å². The van der Waals surface area contributed by atoms with Crippen LogP contribution in [0.25, 0.3) is 106 Å². The first-order chi connectivity index (χ1) is 29.3. The Balaban J connectivity index is 1.37. The van der Waals surface area contributed by atoms with Gasteiger partial charge in [0.15, 0.2) is 0 Å². The highest BCUT2D eigenvalue weighted by atomic mass is 15.2. The van der Waals surface area contributed by atoms with Crippen LogP contribution in [0.5, 0.6) is 0 Å². The van der Waals surface area contributed by atoms with E-state index in [1.54, 1.807) is 24.8 Å². The van der Waals surface area contributed by atoms with E-state index < -0.39 is 0 Å². The molecule has 0 aliphatic heterocycles. The summed E-state index contributed by atoms with van der Waals surface area (Å²) in [5.74, 6) is 1.39. The maximum absolute atomic E-state index is 5.71. The third kappa shape index (κ3) is 5.06. The number of pyridine rings is 2. The molecule has 0 bridgehead atoms. The Kier molecular flexibility index (Phi) is 7.36. The lowest BCUT2D eigenvalue weighted by atomic mass is 10.1. The molecule has 12 rings (SSSR count). The highest BCUT2D eigenvalue weighted by Crippen LogP contribution is 2.48. The number of imidazole rings is 1. The van der Waals surface area contributed by atoms with Gasteiger partial charge >= 0.3 is 0 Å². The summed E-state index contributed by atoms with van der Waals surface area (Å²) < 4.78 is 6.99. The lowest BCUT2D eigenvalue weighted by Crippen LogP contribution is -2.06. The number of hydrogen-bond donors (Lipinski definition) is 0. The number of fused-ring (bicyclic) bond motifs is 10. The van der Waals surface area contributed by atoms with E-state index in [-0.39, 0.29) is 0 Å². The Hall–Kier alpha value is -8.23. The number of aromatic nitrogens is 8. The van der Waals surface area contributed by atoms with Crippen LogP contribution in [0.3, 0.4) is 0 Å². The number of benzene rings is 6. The van der Waals surface area contributed by atoms with E-state index >= 15 is 0 Å². The van der Waals surface area contributed by atoms with Gasteiger partial charge in [-0.1, -0.05) is 103 Å². The molecule has 0 unspecified atom stereocenters. The van der Waals surface area contributed by atoms with Crippen molar-refractivity contribution in [3.05, 3.63) is 195 Å². The van der Waals surface area contributed by atoms with E-state index in [9.17, 15) is 0 Å². The van der Waals surface area contributed by atoms with E-state index in [0.29, 0.717) is 5.95 Å². The molecule has 6 aromatic carbocycles. The van der Waals surface area contributed by atoms with Crippen molar-refractivity contribution in [2.75, 3.05) is 0 Å². The van der Waals surface area contributed by atoms with E-state index in [1.807, 2.05) is 36.4 Å². The normalized spacial score (nSPS) is 11.7. The van der Waals surface area contributed by atoms with E-state index in [2.05, 4.69) is 157 Å². The van der Waals surface area contributed by atoms with Crippen LogP contribution in [-0.2, 0) is 0 Å². The molecule has 6 aromatic heterocycles. The van der Waals surface area contributed by atoms with Crippen LogP contribution in [0.15, 0.2) is 195 Å². The van der Waals surface area contributed by atoms with Crippen LogP contribution in [0, 0.1) is 0 Å². The van der Waals surface area contributed by atoms with Gasteiger partial charge in [-0.3, -0.25) is 19.1 Å². The van der Waals surface area contributed by atoms with Crippen molar-refractivity contribution in [2.24, 2.45) is 0 Å². The van der Waals surface area contributed by atoms with Gasteiger partial charge in [0.25, 0.3) is 0 Å². The first-order valence-corrected chi connectivity index (χ1v) is 19.6. The molecule has 0 atom stereocenters. The van der Waals surface area contributed by atoms with Crippen LogP contribution >= 0.6 is 0 Å². The Morgan fingerprint density at radius 2 is 0.847 bits per heavy atom. The lowest BCUT2D eigenvalue weighted by Gasteiger charge is -2.15. The first kappa shape index (κ1) is 33.0. The summed E-state index contributed by atoms with van der Waals surface area (Å²) in [7, 11) is 0. The van der Waals surface area contributed by atoms with Crippen LogP contribution in [0.4, 0.5) is 0 Å². The molecule has 8 heteroatoms. The van der Waals surface area contributed by atoms with Crippen molar-refractivity contribution in [3.63, 3.8) is 0 Å². The zero-order valence-corrected chi connectivity index (χ0v) is 31.6. The number of para-hydroxylation sites is 4. The summed E-state index contributed by atoms with van der Waals surface area (Å²) in [5, 5.41) is 4.39. The maximum Gasteiger partial charge on any atom is 0.235 e. The van der Waals surface area contributed by atoms with Crippen molar-refractivity contribution in [1.29, 1.82) is 0 Å². The molecule has 0 aliphatic rings.